The fourth-order valence-corrected chi connectivity index (χ4v) is 3.25. The number of nitrogens with one attached hydrogen (secondary N) is 1. The van der Waals surface area contributed by atoms with Crippen molar-refractivity contribution in [1.82, 2.24) is 10.2 Å². The van der Waals surface area contributed by atoms with Crippen LogP contribution in [0.1, 0.15) is 61.3 Å². The Bertz CT molecular complexity index is 271. The van der Waals surface area contributed by atoms with Gasteiger partial charge in [-0.05, 0) is 66.5 Å². The minimum atomic E-state index is -0.0358. The zero-order chi connectivity index (χ0) is 15.4. The first-order valence-corrected chi connectivity index (χ1v) is 8.26. The Kier molecular flexibility index (Phi) is 6.49. The molecule has 1 saturated heterocycles. The molecule has 3 nitrogen and oxygen atoms in total. The van der Waals surface area contributed by atoms with Crippen molar-refractivity contribution in [2.45, 2.75) is 78.6 Å². The van der Waals surface area contributed by atoms with Crippen LogP contribution in [0.5, 0.6) is 0 Å². The first-order valence-electron chi connectivity index (χ1n) is 8.26. The molecule has 1 heterocycles. The number of rotatable bonds is 7. The third kappa shape index (κ3) is 6.55. The molecule has 3 heteroatoms. The Morgan fingerprint density at radius 2 is 1.60 bits per heavy atom. The maximum absolute atomic E-state index is 6.16. The lowest BCUT2D eigenvalue weighted by molar-refractivity contribution is -0.187. The topological polar surface area (TPSA) is 24.5 Å². The fourth-order valence-electron chi connectivity index (χ4n) is 3.25. The molecule has 0 aliphatic carbocycles. The second-order valence-corrected chi connectivity index (χ2v) is 8.12. The monoisotopic (exact) mass is 284 g/mol. The van der Waals surface area contributed by atoms with E-state index in [9.17, 15) is 0 Å². The van der Waals surface area contributed by atoms with E-state index < -0.39 is 0 Å². The number of hydrogen-bond acceptors (Lipinski definition) is 3. The van der Waals surface area contributed by atoms with Gasteiger partial charge in [0.1, 0.15) is 0 Å². The van der Waals surface area contributed by atoms with E-state index in [1.54, 1.807) is 0 Å². The molecule has 1 unspecified atom stereocenters. The van der Waals surface area contributed by atoms with Gasteiger partial charge in [-0.3, -0.25) is 4.90 Å². The summed E-state index contributed by atoms with van der Waals surface area (Å²) in [5, 5.41) is 3.53. The first kappa shape index (κ1) is 17.9. The van der Waals surface area contributed by atoms with E-state index in [1.165, 1.54) is 12.8 Å². The normalized spacial score (nSPS) is 24.0. The molecule has 20 heavy (non-hydrogen) atoms. The lowest BCUT2D eigenvalue weighted by Gasteiger charge is -2.49. The van der Waals surface area contributed by atoms with Crippen molar-refractivity contribution in [3.63, 3.8) is 0 Å². The molecule has 0 saturated carbocycles. The number of morpholine rings is 1. The van der Waals surface area contributed by atoms with E-state index in [-0.39, 0.29) is 11.2 Å². The van der Waals surface area contributed by atoms with Crippen molar-refractivity contribution in [3.8, 4) is 0 Å². The molecule has 0 spiro atoms. The largest absolute Gasteiger partial charge is 0.367 e. The molecule has 0 aromatic carbocycles. The molecular weight excluding hydrogens is 248 g/mol. The highest BCUT2D eigenvalue weighted by Gasteiger charge is 2.39. The van der Waals surface area contributed by atoms with Gasteiger partial charge in [0.25, 0.3) is 0 Å². The van der Waals surface area contributed by atoms with Crippen molar-refractivity contribution in [2.24, 2.45) is 5.92 Å². The Morgan fingerprint density at radius 1 is 1.05 bits per heavy atom. The van der Waals surface area contributed by atoms with Crippen LogP contribution in [0.3, 0.4) is 0 Å². The fraction of sp³-hybridized carbons (Fsp3) is 1.00. The Morgan fingerprint density at radius 3 is 2.10 bits per heavy atom. The van der Waals surface area contributed by atoms with Crippen LogP contribution >= 0.6 is 0 Å². The average Bonchev–Trinajstić information content (AvgIpc) is 2.23. The second-order valence-electron chi connectivity index (χ2n) is 8.12. The van der Waals surface area contributed by atoms with Crippen molar-refractivity contribution in [2.75, 3.05) is 26.2 Å². The summed E-state index contributed by atoms with van der Waals surface area (Å²) in [6.45, 7) is 20.0. The Balaban J connectivity index is 2.33. The van der Waals surface area contributed by atoms with E-state index in [4.69, 9.17) is 4.74 Å². The van der Waals surface area contributed by atoms with Gasteiger partial charge in [-0.2, -0.15) is 0 Å². The van der Waals surface area contributed by atoms with Crippen LogP contribution < -0.4 is 5.32 Å². The molecule has 0 radical (unpaired) electrons. The molecule has 0 amide bonds. The molecule has 1 atom stereocenters. The zero-order valence-corrected chi connectivity index (χ0v) is 14.8. The summed E-state index contributed by atoms with van der Waals surface area (Å²) in [7, 11) is 0. The van der Waals surface area contributed by atoms with Crippen LogP contribution in [0, 0.1) is 5.92 Å². The van der Waals surface area contributed by atoms with Crippen LogP contribution in [0.15, 0.2) is 0 Å². The third-order valence-electron chi connectivity index (χ3n) is 3.87. The molecule has 1 aliphatic rings. The van der Waals surface area contributed by atoms with Crippen LogP contribution in [-0.4, -0.2) is 48.3 Å². The van der Waals surface area contributed by atoms with Crippen molar-refractivity contribution < 1.29 is 4.74 Å². The lowest BCUT2D eigenvalue weighted by atomic mass is 9.96. The summed E-state index contributed by atoms with van der Waals surface area (Å²) in [6.07, 6.45) is 2.52. The van der Waals surface area contributed by atoms with Gasteiger partial charge in [-0.15, -0.1) is 0 Å². The number of ether oxygens (including phenoxy) is 1. The molecule has 1 rings (SSSR count). The zero-order valence-electron chi connectivity index (χ0n) is 14.8. The van der Waals surface area contributed by atoms with Gasteiger partial charge in [-0.25, -0.2) is 0 Å². The van der Waals surface area contributed by atoms with Gasteiger partial charge in [0.15, 0.2) is 0 Å². The summed E-state index contributed by atoms with van der Waals surface area (Å²) >= 11 is 0. The Hall–Kier alpha value is -0.120. The van der Waals surface area contributed by atoms with Gasteiger partial charge in [0.05, 0.1) is 11.2 Å². The predicted molar refractivity (Wildman–Crippen MR) is 87.2 cm³/mol. The maximum atomic E-state index is 6.16. The molecular formula is C17H36N2O. The summed E-state index contributed by atoms with van der Waals surface area (Å²) in [6, 6.07) is 0.637. The van der Waals surface area contributed by atoms with E-state index in [2.05, 4.69) is 58.7 Å². The van der Waals surface area contributed by atoms with Gasteiger partial charge in [0.2, 0.25) is 0 Å². The molecule has 1 fully saturated rings. The molecule has 1 N–H and O–H groups in total. The molecule has 0 aromatic rings. The molecule has 120 valence electrons. The van der Waals surface area contributed by atoms with Crippen LogP contribution in [-0.2, 0) is 4.74 Å². The summed E-state index contributed by atoms with van der Waals surface area (Å²) in [5.74, 6) is 0.744. The van der Waals surface area contributed by atoms with E-state index in [0.29, 0.717) is 6.04 Å². The van der Waals surface area contributed by atoms with E-state index in [0.717, 1.165) is 32.1 Å². The quantitative estimate of drug-likeness (QED) is 0.726. The SMILES string of the molecule is CC(C)CNCCCC(C)N1CC(C)(C)OC(C)(C)C1. The van der Waals surface area contributed by atoms with Crippen molar-refractivity contribution >= 4 is 0 Å². The summed E-state index contributed by atoms with van der Waals surface area (Å²) in [5.41, 5.74) is -0.0716. The van der Waals surface area contributed by atoms with Crippen molar-refractivity contribution in [3.05, 3.63) is 0 Å². The molecule has 1 aliphatic heterocycles. The van der Waals surface area contributed by atoms with Gasteiger partial charge < -0.3 is 10.1 Å². The predicted octanol–water partition coefficient (Wildman–Crippen LogP) is 3.29. The van der Waals surface area contributed by atoms with Gasteiger partial charge in [0, 0.05) is 19.1 Å². The lowest BCUT2D eigenvalue weighted by Crippen LogP contribution is -2.59. The van der Waals surface area contributed by atoms with Crippen LogP contribution in [0.2, 0.25) is 0 Å². The minimum absolute atomic E-state index is 0.0358. The van der Waals surface area contributed by atoms with Crippen LogP contribution in [0.4, 0.5) is 0 Å². The minimum Gasteiger partial charge on any atom is -0.367 e. The van der Waals surface area contributed by atoms with Crippen LogP contribution in [0.25, 0.3) is 0 Å². The summed E-state index contributed by atoms with van der Waals surface area (Å²) in [4.78, 5) is 2.60. The summed E-state index contributed by atoms with van der Waals surface area (Å²) < 4.78 is 6.16. The first-order chi connectivity index (χ1) is 9.11. The second kappa shape index (κ2) is 7.24. The highest BCUT2D eigenvalue weighted by molar-refractivity contribution is 4.90. The standard InChI is InChI=1S/C17H36N2O/c1-14(2)11-18-10-8-9-15(3)19-12-16(4,5)20-17(6,7)13-19/h14-15,18H,8-13H2,1-7H3. The van der Waals surface area contributed by atoms with E-state index >= 15 is 0 Å². The van der Waals surface area contributed by atoms with E-state index in [1.807, 2.05) is 0 Å². The van der Waals surface area contributed by atoms with Gasteiger partial charge in [-0.1, -0.05) is 13.8 Å². The average molecular weight is 284 g/mol. The van der Waals surface area contributed by atoms with Crippen molar-refractivity contribution in [1.29, 1.82) is 0 Å². The third-order valence-corrected chi connectivity index (χ3v) is 3.87. The maximum Gasteiger partial charge on any atom is 0.0760 e. The molecule has 0 aromatic heterocycles. The van der Waals surface area contributed by atoms with Gasteiger partial charge >= 0.3 is 0 Å². The molecule has 0 bridgehead atoms. The smallest absolute Gasteiger partial charge is 0.0760 e. The Labute approximate surface area is 126 Å². The number of hydrogen-bond donors (Lipinski definition) is 1. The number of nitrogens with zero attached hydrogens (tertiary/aromatic N) is 1. The highest BCUT2D eigenvalue weighted by atomic mass is 16.5. The highest BCUT2D eigenvalue weighted by Crippen LogP contribution is 2.29.